The quantitative estimate of drug-likeness (QED) is 0.850. The van der Waals surface area contributed by atoms with E-state index in [2.05, 4.69) is 64.6 Å². The molecule has 3 nitrogen and oxygen atoms in total. The lowest BCUT2D eigenvalue weighted by molar-refractivity contribution is 0.496. The minimum Gasteiger partial charge on any atom is -0.361 e. The lowest BCUT2D eigenvalue weighted by Gasteiger charge is -2.21. The predicted octanol–water partition coefficient (Wildman–Crippen LogP) is 3.81. The zero-order valence-corrected chi connectivity index (χ0v) is 12.2. The lowest BCUT2D eigenvalue weighted by atomic mass is 10.0. The number of pyridine rings is 1. The van der Waals surface area contributed by atoms with Crippen LogP contribution in [0.4, 0.5) is 5.69 Å². The average Bonchev–Trinajstić information content (AvgIpc) is 3.29. The molecule has 0 N–H and O–H groups in total. The fraction of sp³-hybridized carbons (Fsp3) is 0.278. The third-order valence-electron chi connectivity index (χ3n) is 4.18. The molecule has 0 saturated heterocycles. The highest BCUT2D eigenvalue weighted by Gasteiger charge is 2.24. The van der Waals surface area contributed by atoms with E-state index in [0.717, 1.165) is 18.3 Å². The minimum atomic E-state index is 0.773. The highest BCUT2D eigenvalue weighted by Crippen LogP contribution is 2.41. The van der Waals surface area contributed by atoms with Crippen LogP contribution in [0.1, 0.15) is 24.3 Å². The summed E-state index contributed by atoms with van der Waals surface area (Å²) in [4.78, 5) is 9.05. The normalized spacial score (nSPS) is 17.6. The van der Waals surface area contributed by atoms with Gasteiger partial charge < -0.3 is 9.80 Å². The molecular weight excluding hydrogens is 258 g/mol. The van der Waals surface area contributed by atoms with Crippen LogP contribution in [0, 0.1) is 0 Å². The number of rotatable bonds is 3. The van der Waals surface area contributed by atoms with Crippen molar-refractivity contribution in [3.63, 3.8) is 0 Å². The van der Waals surface area contributed by atoms with Crippen LogP contribution in [-0.2, 0) is 0 Å². The Morgan fingerprint density at radius 2 is 2.00 bits per heavy atom. The molecule has 2 aromatic rings. The molecule has 2 heterocycles. The fourth-order valence-electron chi connectivity index (χ4n) is 2.89. The monoisotopic (exact) mass is 277 g/mol. The Hall–Kier alpha value is -2.29. The fourth-order valence-corrected chi connectivity index (χ4v) is 2.89. The molecule has 3 heteroatoms. The molecule has 0 unspecified atom stereocenters. The summed E-state index contributed by atoms with van der Waals surface area (Å²) in [5.74, 6) is 0.773. The maximum atomic E-state index is 4.65. The Morgan fingerprint density at radius 3 is 2.76 bits per heavy atom. The Labute approximate surface area is 125 Å². The molecular formula is C18H19N3. The smallest absolute Gasteiger partial charge is 0.0939 e. The topological polar surface area (TPSA) is 19.4 Å². The maximum absolute atomic E-state index is 4.65. The van der Waals surface area contributed by atoms with Gasteiger partial charge >= 0.3 is 0 Å². The van der Waals surface area contributed by atoms with Crippen LogP contribution in [0.15, 0.2) is 55.0 Å². The molecule has 0 bridgehead atoms. The number of anilines is 1. The molecule has 1 aliphatic carbocycles. The third-order valence-corrected chi connectivity index (χ3v) is 4.18. The molecule has 21 heavy (non-hydrogen) atoms. The van der Waals surface area contributed by atoms with Crippen molar-refractivity contribution >= 4 is 5.69 Å². The first-order valence-corrected chi connectivity index (χ1v) is 7.52. The van der Waals surface area contributed by atoms with Gasteiger partial charge in [-0.05, 0) is 42.5 Å². The van der Waals surface area contributed by atoms with Gasteiger partial charge in [0.25, 0.3) is 0 Å². The van der Waals surface area contributed by atoms with Gasteiger partial charge in [0.1, 0.15) is 0 Å². The predicted molar refractivity (Wildman–Crippen MR) is 85.9 cm³/mol. The number of nitrogens with zero attached hydrogens (tertiary/aromatic N) is 3. The number of hydrogen-bond acceptors (Lipinski definition) is 3. The molecule has 0 spiro atoms. The van der Waals surface area contributed by atoms with E-state index < -0.39 is 0 Å². The zero-order valence-electron chi connectivity index (χ0n) is 12.2. The van der Waals surface area contributed by atoms with E-state index in [9.17, 15) is 0 Å². The van der Waals surface area contributed by atoms with Crippen LogP contribution in [0.3, 0.4) is 0 Å². The van der Waals surface area contributed by atoms with Gasteiger partial charge in [-0.25, -0.2) is 0 Å². The SMILES string of the molecule is CN1C=CN(c2cccnc2-c2cccc(C3CC3)c2)C1. The van der Waals surface area contributed by atoms with E-state index in [1.54, 1.807) is 0 Å². The molecule has 4 rings (SSSR count). The second-order valence-corrected chi connectivity index (χ2v) is 5.94. The van der Waals surface area contributed by atoms with Crippen molar-refractivity contribution in [3.05, 3.63) is 60.6 Å². The summed E-state index contributed by atoms with van der Waals surface area (Å²) in [6.07, 6.45) is 8.76. The summed E-state index contributed by atoms with van der Waals surface area (Å²) in [5, 5.41) is 0. The van der Waals surface area contributed by atoms with Crippen molar-refractivity contribution in [3.8, 4) is 11.3 Å². The van der Waals surface area contributed by atoms with E-state index in [-0.39, 0.29) is 0 Å². The Balaban J connectivity index is 1.74. The molecule has 0 radical (unpaired) electrons. The van der Waals surface area contributed by atoms with Gasteiger partial charge in [0, 0.05) is 31.2 Å². The Morgan fingerprint density at radius 1 is 1.10 bits per heavy atom. The van der Waals surface area contributed by atoms with Gasteiger partial charge in [-0.2, -0.15) is 0 Å². The van der Waals surface area contributed by atoms with Crippen LogP contribution in [-0.4, -0.2) is 23.6 Å². The first-order chi connectivity index (χ1) is 10.3. The number of aromatic nitrogens is 1. The first kappa shape index (κ1) is 12.5. The van der Waals surface area contributed by atoms with E-state index in [1.165, 1.54) is 29.7 Å². The largest absolute Gasteiger partial charge is 0.361 e. The molecule has 1 saturated carbocycles. The summed E-state index contributed by atoms with van der Waals surface area (Å²) < 4.78 is 0. The van der Waals surface area contributed by atoms with Gasteiger partial charge in [0.2, 0.25) is 0 Å². The Bertz CT molecular complexity index is 688. The lowest BCUT2D eigenvalue weighted by Crippen LogP contribution is -2.22. The molecule has 1 fully saturated rings. The highest BCUT2D eigenvalue weighted by atomic mass is 15.3. The van der Waals surface area contributed by atoms with Gasteiger partial charge in [0.05, 0.1) is 18.1 Å². The third kappa shape index (κ3) is 2.40. The first-order valence-electron chi connectivity index (χ1n) is 7.52. The van der Waals surface area contributed by atoms with Gasteiger partial charge in [-0.1, -0.05) is 18.2 Å². The second-order valence-electron chi connectivity index (χ2n) is 5.94. The van der Waals surface area contributed by atoms with E-state index in [1.807, 2.05) is 12.3 Å². The van der Waals surface area contributed by atoms with Crippen LogP contribution in [0.5, 0.6) is 0 Å². The van der Waals surface area contributed by atoms with Gasteiger partial charge in [-0.15, -0.1) is 0 Å². The molecule has 106 valence electrons. The van der Waals surface area contributed by atoms with Crippen LogP contribution in [0.2, 0.25) is 0 Å². The number of benzene rings is 1. The van der Waals surface area contributed by atoms with Crippen LogP contribution in [0.25, 0.3) is 11.3 Å². The van der Waals surface area contributed by atoms with Crippen LogP contribution >= 0.6 is 0 Å². The van der Waals surface area contributed by atoms with Gasteiger partial charge in [0.15, 0.2) is 0 Å². The maximum Gasteiger partial charge on any atom is 0.0939 e. The Kier molecular flexibility index (Phi) is 2.92. The summed E-state index contributed by atoms with van der Waals surface area (Å²) in [6.45, 7) is 0.876. The summed E-state index contributed by atoms with van der Waals surface area (Å²) >= 11 is 0. The average molecular weight is 277 g/mol. The zero-order chi connectivity index (χ0) is 14.2. The van der Waals surface area contributed by atoms with Crippen molar-refractivity contribution in [2.75, 3.05) is 18.6 Å². The van der Waals surface area contributed by atoms with Gasteiger partial charge in [-0.3, -0.25) is 4.98 Å². The van der Waals surface area contributed by atoms with E-state index >= 15 is 0 Å². The molecule has 1 aliphatic heterocycles. The second kappa shape index (κ2) is 4.92. The van der Waals surface area contributed by atoms with Crippen molar-refractivity contribution in [2.45, 2.75) is 18.8 Å². The van der Waals surface area contributed by atoms with E-state index in [4.69, 9.17) is 0 Å². The molecule has 2 aliphatic rings. The van der Waals surface area contributed by atoms with E-state index in [0.29, 0.717) is 0 Å². The molecule has 1 aromatic carbocycles. The molecule has 0 atom stereocenters. The summed E-state index contributed by atoms with van der Waals surface area (Å²) in [5.41, 5.74) is 4.92. The van der Waals surface area contributed by atoms with Crippen molar-refractivity contribution in [2.24, 2.45) is 0 Å². The van der Waals surface area contributed by atoms with Crippen LogP contribution < -0.4 is 4.90 Å². The van der Waals surface area contributed by atoms with Crippen molar-refractivity contribution < 1.29 is 0 Å². The number of hydrogen-bond donors (Lipinski definition) is 0. The summed E-state index contributed by atoms with van der Waals surface area (Å²) in [7, 11) is 2.08. The van der Waals surface area contributed by atoms with Crippen molar-refractivity contribution in [1.82, 2.24) is 9.88 Å². The standard InChI is InChI=1S/C18H19N3/c1-20-10-11-21(13-20)17-6-3-9-19-18(17)16-5-2-4-15(12-16)14-7-8-14/h2-6,9-12,14H,7-8,13H2,1H3. The molecule has 1 aromatic heterocycles. The molecule has 0 amide bonds. The minimum absolute atomic E-state index is 0.773. The highest BCUT2D eigenvalue weighted by molar-refractivity contribution is 5.76. The van der Waals surface area contributed by atoms with Crippen molar-refractivity contribution in [1.29, 1.82) is 0 Å². The summed E-state index contributed by atoms with van der Waals surface area (Å²) in [6, 6.07) is 13.0.